The van der Waals surface area contributed by atoms with Gasteiger partial charge >= 0.3 is 0 Å². The summed E-state index contributed by atoms with van der Waals surface area (Å²) in [6.45, 7) is 1.75. The maximum absolute atomic E-state index is 13.7. The van der Waals surface area contributed by atoms with Gasteiger partial charge in [0.25, 0.3) is 0 Å². The normalized spacial score (nSPS) is 16.5. The molecule has 0 aliphatic heterocycles. The second-order valence-corrected chi connectivity index (χ2v) is 5.67. The van der Waals surface area contributed by atoms with Gasteiger partial charge in [-0.05, 0) is 31.4 Å². The molecule has 1 heterocycles. The third-order valence-electron chi connectivity index (χ3n) is 4.15. The van der Waals surface area contributed by atoms with Crippen LogP contribution in [0.2, 0.25) is 0 Å². The average molecular weight is 273 g/mol. The Hall–Kier alpha value is -1.84. The van der Waals surface area contributed by atoms with Crippen LogP contribution in [0.3, 0.4) is 0 Å². The first-order valence-electron chi connectivity index (χ1n) is 7.26. The lowest BCUT2D eigenvalue weighted by Gasteiger charge is -2.21. The van der Waals surface area contributed by atoms with Crippen molar-refractivity contribution in [2.75, 3.05) is 5.73 Å². The van der Waals surface area contributed by atoms with Gasteiger partial charge < -0.3 is 5.73 Å². The predicted octanol–water partition coefficient (Wildman–Crippen LogP) is 4.09. The number of aryl methyl sites for hydroxylation is 1. The number of nitrogen functional groups attached to an aromatic ring is 1. The fourth-order valence-corrected chi connectivity index (χ4v) is 2.90. The van der Waals surface area contributed by atoms with Gasteiger partial charge in [0.15, 0.2) is 0 Å². The average Bonchev–Trinajstić information content (AvgIpc) is 2.85. The lowest BCUT2D eigenvalue weighted by Crippen LogP contribution is -2.13. The van der Waals surface area contributed by atoms with Crippen molar-refractivity contribution >= 4 is 5.69 Å². The molecule has 1 fully saturated rings. The molecule has 20 heavy (non-hydrogen) atoms. The minimum Gasteiger partial charge on any atom is -0.396 e. The van der Waals surface area contributed by atoms with Crippen molar-refractivity contribution in [2.45, 2.75) is 45.1 Å². The molecule has 4 heteroatoms. The van der Waals surface area contributed by atoms with E-state index in [1.807, 2.05) is 16.9 Å². The molecular weight excluding hydrogens is 253 g/mol. The fraction of sp³-hybridized carbons (Fsp3) is 0.438. The standard InChI is InChI=1S/C16H20FN3/c1-11-7-8-12(9-14(11)17)16-15(18)10-20(19-16)13-5-3-2-4-6-13/h7-10,13H,2-6,18H2,1H3. The van der Waals surface area contributed by atoms with Crippen LogP contribution in [0, 0.1) is 12.7 Å². The highest BCUT2D eigenvalue weighted by Crippen LogP contribution is 2.32. The van der Waals surface area contributed by atoms with Crippen LogP contribution in [0.25, 0.3) is 11.3 Å². The Balaban J connectivity index is 1.93. The van der Waals surface area contributed by atoms with E-state index in [4.69, 9.17) is 5.73 Å². The van der Waals surface area contributed by atoms with Crippen LogP contribution in [0.15, 0.2) is 24.4 Å². The quantitative estimate of drug-likeness (QED) is 0.895. The zero-order chi connectivity index (χ0) is 14.1. The zero-order valence-electron chi connectivity index (χ0n) is 11.8. The molecule has 3 nitrogen and oxygen atoms in total. The number of nitrogens with two attached hydrogens (primary N) is 1. The topological polar surface area (TPSA) is 43.8 Å². The number of anilines is 1. The first kappa shape index (κ1) is 13.2. The van der Waals surface area contributed by atoms with E-state index in [9.17, 15) is 4.39 Å². The van der Waals surface area contributed by atoms with Crippen LogP contribution >= 0.6 is 0 Å². The highest BCUT2D eigenvalue weighted by molar-refractivity contribution is 5.72. The van der Waals surface area contributed by atoms with E-state index < -0.39 is 0 Å². The first-order valence-corrected chi connectivity index (χ1v) is 7.26. The molecule has 2 N–H and O–H groups in total. The summed E-state index contributed by atoms with van der Waals surface area (Å²) in [5.74, 6) is -0.214. The smallest absolute Gasteiger partial charge is 0.126 e. The molecule has 1 aromatic carbocycles. The molecule has 0 atom stereocenters. The number of benzene rings is 1. The van der Waals surface area contributed by atoms with Crippen LogP contribution in [-0.2, 0) is 0 Å². The third kappa shape index (κ3) is 2.42. The van der Waals surface area contributed by atoms with Crippen molar-refractivity contribution in [3.8, 4) is 11.3 Å². The number of nitrogens with zero attached hydrogens (tertiary/aromatic N) is 2. The molecule has 0 radical (unpaired) electrons. The van der Waals surface area contributed by atoms with E-state index in [0.29, 0.717) is 23.0 Å². The maximum Gasteiger partial charge on any atom is 0.126 e. The second-order valence-electron chi connectivity index (χ2n) is 5.67. The Bertz CT molecular complexity index is 612. The first-order chi connectivity index (χ1) is 9.65. The maximum atomic E-state index is 13.7. The Kier molecular flexibility index (Phi) is 3.47. The summed E-state index contributed by atoms with van der Waals surface area (Å²) in [5, 5.41) is 4.60. The van der Waals surface area contributed by atoms with Gasteiger partial charge in [-0.1, -0.05) is 31.4 Å². The molecule has 106 valence electrons. The van der Waals surface area contributed by atoms with Crippen molar-refractivity contribution in [3.63, 3.8) is 0 Å². The van der Waals surface area contributed by atoms with Crippen LogP contribution in [0.5, 0.6) is 0 Å². The van der Waals surface area contributed by atoms with Gasteiger partial charge in [0.05, 0.1) is 11.7 Å². The molecule has 3 rings (SSSR count). The van der Waals surface area contributed by atoms with E-state index in [-0.39, 0.29) is 5.82 Å². The highest BCUT2D eigenvalue weighted by atomic mass is 19.1. The van der Waals surface area contributed by atoms with Crippen molar-refractivity contribution in [3.05, 3.63) is 35.8 Å². The summed E-state index contributed by atoms with van der Waals surface area (Å²) in [6, 6.07) is 5.60. The largest absolute Gasteiger partial charge is 0.396 e. The number of aromatic nitrogens is 2. The van der Waals surface area contributed by atoms with Gasteiger partial charge in [0.2, 0.25) is 0 Å². The fourth-order valence-electron chi connectivity index (χ4n) is 2.90. The lowest BCUT2D eigenvalue weighted by atomic mass is 9.96. The van der Waals surface area contributed by atoms with Gasteiger partial charge in [-0.3, -0.25) is 4.68 Å². The van der Waals surface area contributed by atoms with Crippen molar-refractivity contribution in [1.82, 2.24) is 9.78 Å². The summed E-state index contributed by atoms with van der Waals surface area (Å²) in [6.07, 6.45) is 8.01. The molecule has 0 saturated heterocycles. The molecule has 0 spiro atoms. The molecule has 0 unspecified atom stereocenters. The van der Waals surface area contributed by atoms with E-state index in [1.165, 1.54) is 25.3 Å². The zero-order valence-corrected chi connectivity index (χ0v) is 11.8. The van der Waals surface area contributed by atoms with Gasteiger partial charge in [-0.15, -0.1) is 0 Å². The number of rotatable bonds is 2. The Morgan fingerprint density at radius 3 is 2.70 bits per heavy atom. The van der Waals surface area contributed by atoms with Gasteiger partial charge in [-0.25, -0.2) is 4.39 Å². The van der Waals surface area contributed by atoms with Gasteiger partial charge in [0.1, 0.15) is 11.5 Å². The molecular formula is C16H20FN3. The summed E-state index contributed by atoms with van der Waals surface area (Å²) >= 11 is 0. The van der Waals surface area contributed by atoms with Crippen LogP contribution < -0.4 is 5.73 Å². The molecule has 1 aromatic heterocycles. The molecule has 1 aliphatic rings. The van der Waals surface area contributed by atoms with E-state index in [2.05, 4.69) is 5.10 Å². The molecule has 2 aromatic rings. The Morgan fingerprint density at radius 1 is 1.25 bits per heavy atom. The van der Waals surface area contributed by atoms with Crippen molar-refractivity contribution in [1.29, 1.82) is 0 Å². The lowest BCUT2D eigenvalue weighted by molar-refractivity contribution is 0.330. The number of hydrogen-bond donors (Lipinski definition) is 1. The van der Waals surface area contributed by atoms with Gasteiger partial charge in [-0.2, -0.15) is 5.10 Å². The van der Waals surface area contributed by atoms with Crippen molar-refractivity contribution in [2.24, 2.45) is 0 Å². The molecule has 1 aliphatic carbocycles. The highest BCUT2D eigenvalue weighted by Gasteiger charge is 2.18. The molecule has 0 bridgehead atoms. The van der Waals surface area contributed by atoms with Crippen LogP contribution in [-0.4, -0.2) is 9.78 Å². The SMILES string of the molecule is Cc1ccc(-c2nn(C3CCCCC3)cc2N)cc1F. The molecule has 0 amide bonds. The summed E-state index contributed by atoms with van der Waals surface area (Å²) in [4.78, 5) is 0. The molecule has 1 saturated carbocycles. The van der Waals surface area contributed by atoms with Crippen LogP contribution in [0.1, 0.15) is 43.7 Å². The number of hydrogen-bond acceptors (Lipinski definition) is 2. The third-order valence-corrected chi connectivity index (χ3v) is 4.15. The van der Waals surface area contributed by atoms with Crippen LogP contribution in [0.4, 0.5) is 10.1 Å². The summed E-state index contributed by atoms with van der Waals surface area (Å²) in [5.41, 5.74) is 8.76. The minimum absolute atomic E-state index is 0.214. The van der Waals surface area contributed by atoms with E-state index in [0.717, 1.165) is 18.4 Å². The minimum atomic E-state index is -0.214. The number of halogens is 1. The monoisotopic (exact) mass is 273 g/mol. The summed E-state index contributed by atoms with van der Waals surface area (Å²) in [7, 11) is 0. The summed E-state index contributed by atoms with van der Waals surface area (Å²) < 4.78 is 15.7. The Morgan fingerprint density at radius 2 is 2.00 bits per heavy atom. The van der Waals surface area contributed by atoms with Crippen molar-refractivity contribution < 1.29 is 4.39 Å². The predicted molar refractivity (Wildman–Crippen MR) is 78.9 cm³/mol. The van der Waals surface area contributed by atoms with E-state index in [1.54, 1.807) is 13.0 Å². The second kappa shape index (κ2) is 5.27. The van der Waals surface area contributed by atoms with Gasteiger partial charge in [0, 0.05) is 11.8 Å². The Labute approximate surface area is 118 Å². The van der Waals surface area contributed by atoms with E-state index >= 15 is 0 Å².